The second-order valence-electron chi connectivity index (χ2n) is 7.34. The fraction of sp³-hybridized carbons (Fsp3) is 0.529. The van der Waals surface area contributed by atoms with E-state index in [0.717, 1.165) is 0 Å². The van der Waals surface area contributed by atoms with Crippen molar-refractivity contribution in [3.05, 3.63) is 29.8 Å². The normalized spacial score (nSPS) is 19.4. The van der Waals surface area contributed by atoms with E-state index in [0.29, 0.717) is 24.2 Å². The minimum atomic E-state index is -1.90. The van der Waals surface area contributed by atoms with E-state index in [2.05, 4.69) is 39.9 Å². The van der Waals surface area contributed by atoms with Gasteiger partial charge in [0.1, 0.15) is 6.07 Å². The third-order valence-electron chi connectivity index (χ3n) is 4.67. The molecule has 118 valence electrons. The Kier molecular flexibility index (Phi) is 4.46. The molecule has 1 aromatic rings. The molecule has 1 saturated heterocycles. The number of para-hydroxylation sites is 1. The molecule has 1 aliphatic rings. The van der Waals surface area contributed by atoms with E-state index in [1.807, 2.05) is 18.2 Å². The van der Waals surface area contributed by atoms with Crippen molar-refractivity contribution in [1.82, 2.24) is 0 Å². The zero-order valence-corrected chi connectivity index (χ0v) is 15.0. The zero-order chi connectivity index (χ0) is 16.5. The lowest BCUT2D eigenvalue weighted by molar-refractivity contribution is -0.117. The molecule has 22 heavy (non-hydrogen) atoms. The van der Waals surface area contributed by atoms with Crippen molar-refractivity contribution in [3.63, 3.8) is 0 Å². The molecule has 0 saturated carbocycles. The van der Waals surface area contributed by atoms with Crippen molar-refractivity contribution in [1.29, 1.82) is 5.26 Å². The Balaban J connectivity index is 2.17. The molecule has 0 aliphatic carbocycles. The summed E-state index contributed by atoms with van der Waals surface area (Å²) in [6, 6.07) is 9.38. The first-order valence-corrected chi connectivity index (χ1v) is 10.5. The molecule has 4 nitrogen and oxygen atoms in total. The Bertz CT molecular complexity index is 614. The highest BCUT2D eigenvalue weighted by Crippen LogP contribution is 2.39. The van der Waals surface area contributed by atoms with Gasteiger partial charge in [0.2, 0.25) is 5.91 Å². The smallest absolute Gasteiger partial charge is 0.229 e. The number of anilines is 1. The first-order valence-electron chi connectivity index (χ1n) is 7.63. The lowest BCUT2D eigenvalue weighted by Crippen LogP contribution is -2.44. The van der Waals surface area contributed by atoms with Gasteiger partial charge in [-0.05, 0) is 30.3 Å². The van der Waals surface area contributed by atoms with Crippen LogP contribution in [0.3, 0.4) is 0 Å². The predicted octanol–water partition coefficient (Wildman–Crippen LogP) is 3.69. The molecule has 0 aromatic heterocycles. The van der Waals surface area contributed by atoms with Crippen LogP contribution in [-0.4, -0.2) is 26.9 Å². The largest absolute Gasteiger partial charge is 0.412 e. The average Bonchev–Trinajstić information content (AvgIpc) is 2.77. The van der Waals surface area contributed by atoms with Crippen LogP contribution in [0.1, 0.15) is 32.8 Å². The number of nitriles is 1. The lowest BCUT2D eigenvalue weighted by atomic mass is 10.2. The van der Waals surface area contributed by atoms with Crippen LogP contribution in [0, 0.1) is 11.3 Å². The SMILES string of the molecule is CC(C)(C)[Si](C)(C)O[C@@H]1CC(=O)N(c2ccccc2C#N)C1. The number of nitrogens with zero attached hydrogens (tertiary/aromatic N) is 2. The molecule has 1 amide bonds. The quantitative estimate of drug-likeness (QED) is 0.799. The van der Waals surface area contributed by atoms with Crippen molar-refractivity contribution >= 4 is 19.9 Å². The Hall–Kier alpha value is -1.64. The summed E-state index contributed by atoms with van der Waals surface area (Å²) in [6.45, 7) is 11.5. The summed E-state index contributed by atoms with van der Waals surface area (Å²) in [4.78, 5) is 14.0. The highest BCUT2D eigenvalue weighted by Gasteiger charge is 2.42. The van der Waals surface area contributed by atoms with Crippen molar-refractivity contribution in [2.45, 2.75) is 51.4 Å². The van der Waals surface area contributed by atoms with Crippen molar-refractivity contribution < 1.29 is 9.22 Å². The van der Waals surface area contributed by atoms with Crippen molar-refractivity contribution in [2.24, 2.45) is 0 Å². The summed E-state index contributed by atoms with van der Waals surface area (Å²) in [5, 5.41) is 9.33. The Morgan fingerprint density at radius 3 is 2.55 bits per heavy atom. The van der Waals surface area contributed by atoms with Crippen LogP contribution in [0.5, 0.6) is 0 Å². The van der Waals surface area contributed by atoms with Crippen LogP contribution in [0.2, 0.25) is 18.1 Å². The predicted molar refractivity (Wildman–Crippen MR) is 90.2 cm³/mol. The average molecular weight is 316 g/mol. The molecule has 0 spiro atoms. The molecule has 1 aliphatic heterocycles. The highest BCUT2D eigenvalue weighted by atomic mass is 28.4. The first-order chi connectivity index (χ1) is 10.2. The number of benzene rings is 1. The molecule has 0 N–H and O–H groups in total. The van der Waals surface area contributed by atoms with Gasteiger partial charge in [-0.3, -0.25) is 4.79 Å². The summed E-state index contributed by atoms with van der Waals surface area (Å²) < 4.78 is 6.35. The fourth-order valence-corrected chi connectivity index (χ4v) is 3.73. The molecule has 2 rings (SSSR count). The van der Waals surface area contributed by atoms with Crippen LogP contribution >= 0.6 is 0 Å². The number of carbonyl (C=O) groups is 1. The van der Waals surface area contributed by atoms with Crippen LogP contribution in [0.15, 0.2) is 24.3 Å². The summed E-state index contributed by atoms with van der Waals surface area (Å²) >= 11 is 0. The maximum absolute atomic E-state index is 12.3. The van der Waals surface area contributed by atoms with Gasteiger partial charge in [-0.15, -0.1) is 0 Å². The molecule has 5 heteroatoms. The van der Waals surface area contributed by atoms with E-state index >= 15 is 0 Å². The topological polar surface area (TPSA) is 53.3 Å². The van der Waals surface area contributed by atoms with Gasteiger partial charge >= 0.3 is 0 Å². The van der Waals surface area contributed by atoms with Gasteiger partial charge in [-0.1, -0.05) is 32.9 Å². The van der Waals surface area contributed by atoms with E-state index in [4.69, 9.17) is 4.43 Å². The number of rotatable bonds is 3. The Labute approximate surface area is 133 Å². The van der Waals surface area contributed by atoms with E-state index in [9.17, 15) is 10.1 Å². The van der Waals surface area contributed by atoms with E-state index in [1.54, 1.807) is 11.0 Å². The number of amides is 1. The van der Waals surface area contributed by atoms with E-state index < -0.39 is 8.32 Å². The molecular formula is C17H24N2O2Si. The van der Waals surface area contributed by atoms with Crippen LogP contribution < -0.4 is 4.90 Å². The van der Waals surface area contributed by atoms with Gasteiger partial charge in [0.15, 0.2) is 8.32 Å². The third-order valence-corrected chi connectivity index (χ3v) is 9.21. The summed E-state index contributed by atoms with van der Waals surface area (Å²) in [5.74, 6) is 0.0337. The molecule has 0 bridgehead atoms. The van der Waals surface area contributed by atoms with Crippen LogP contribution in [-0.2, 0) is 9.22 Å². The molecule has 0 radical (unpaired) electrons. The van der Waals surface area contributed by atoms with E-state index in [-0.39, 0.29) is 17.0 Å². The summed E-state index contributed by atoms with van der Waals surface area (Å²) in [6.07, 6.45) is 0.312. The summed E-state index contributed by atoms with van der Waals surface area (Å²) in [7, 11) is -1.90. The second-order valence-corrected chi connectivity index (χ2v) is 12.1. The summed E-state index contributed by atoms with van der Waals surface area (Å²) in [5.41, 5.74) is 1.22. The fourth-order valence-electron chi connectivity index (χ4n) is 2.38. The lowest BCUT2D eigenvalue weighted by Gasteiger charge is -2.38. The molecular weight excluding hydrogens is 292 g/mol. The second kappa shape index (κ2) is 5.86. The zero-order valence-electron chi connectivity index (χ0n) is 14.0. The van der Waals surface area contributed by atoms with Gasteiger partial charge in [-0.25, -0.2) is 0 Å². The molecule has 1 atom stereocenters. The van der Waals surface area contributed by atoms with Gasteiger partial charge in [0.05, 0.1) is 30.3 Å². The van der Waals surface area contributed by atoms with Crippen molar-refractivity contribution in [3.8, 4) is 6.07 Å². The van der Waals surface area contributed by atoms with Gasteiger partial charge in [-0.2, -0.15) is 5.26 Å². The Morgan fingerprint density at radius 2 is 1.95 bits per heavy atom. The highest BCUT2D eigenvalue weighted by molar-refractivity contribution is 6.74. The molecule has 1 aromatic carbocycles. The standard InChI is InChI=1S/C17H24N2O2Si/c1-17(2,3)22(4,5)21-14-10-16(20)19(12-14)15-9-7-6-8-13(15)11-18/h6-9,14H,10,12H2,1-5H3/t14-/m1/s1. The number of hydrogen-bond acceptors (Lipinski definition) is 3. The molecule has 1 fully saturated rings. The third kappa shape index (κ3) is 3.23. The minimum absolute atomic E-state index is 0.0337. The van der Waals surface area contributed by atoms with Gasteiger partial charge in [0, 0.05) is 0 Å². The monoisotopic (exact) mass is 316 g/mol. The van der Waals surface area contributed by atoms with Gasteiger partial charge < -0.3 is 9.33 Å². The number of carbonyl (C=O) groups excluding carboxylic acids is 1. The Morgan fingerprint density at radius 1 is 1.32 bits per heavy atom. The van der Waals surface area contributed by atoms with Crippen molar-refractivity contribution in [2.75, 3.05) is 11.4 Å². The van der Waals surface area contributed by atoms with E-state index in [1.165, 1.54) is 0 Å². The maximum atomic E-state index is 12.3. The minimum Gasteiger partial charge on any atom is -0.412 e. The molecule has 1 heterocycles. The first kappa shape index (κ1) is 16.7. The van der Waals surface area contributed by atoms with Crippen LogP contribution in [0.25, 0.3) is 0 Å². The number of hydrogen-bond donors (Lipinski definition) is 0. The maximum Gasteiger partial charge on any atom is 0.229 e. The van der Waals surface area contributed by atoms with Gasteiger partial charge in [0.25, 0.3) is 0 Å². The van der Waals surface area contributed by atoms with Crippen LogP contribution in [0.4, 0.5) is 5.69 Å². The molecule has 0 unspecified atom stereocenters.